The minimum atomic E-state index is 0.351. The molecule has 0 aromatic carbocycles. The third-order valence-corrected chi connectivity index (χ3v) is 6.21. The molecule has 5 nitrogen and oxygen atoms in total. The Morgan fingerprint density at radius 2 is 2.04 bits per heavy atom. The summed E-state index contributed by atoms with van der Waals surface area (Å²) in [6.07, 6.45) is 3.61. The number of hydrogen-bond donors (Lipinski definition) is 1. The number of rotatable bonds is 10. The first-order chi connectivity index (χ1) is 13.2. The second kappa shape index (κ2) is 12.4. The van der Waals surface area contributed by atoms with Crippen LogP contribution in [-0.4, -0.2) is 68.7 Å². The van der Waals surface area contributed by atoms with Crippen LogP contribution >= 0.6 is 11.3 Å². The Bertz CT molecular complexity index is 524. The molecule has 154 valence electrons. The second-order valence-electron chi connectivity index (χ2n) is 7.25. The monoisotopic (exact) mass is 394 g/mol. The van der Waals surface area contributed by atoms with Crippen molar-refractivity contribution in [2.75, 3.05) is 53.0 Å². The molecule has 2 rings (SSSR count). The maximum absolute atomic E-state index is 5.48. The summed E-state index contributed by atoms with van der Waals surface area (Å²) in [7, 11) is 2.16. The van der Waals surface area contributed by atoms with Crippen molar-refractivity contribution in [2.45, 2.75) is 46.1 Å². The molecule has 27 heavy (non-hydrogen) atoms. The van der Waals surface area contributed by atoms with E-state index in [4.69, 9.17) is 9.73 Å². The van der Waals surface area contributed by atoms with Crippen LogP contribution < -0.4 is 5.32 Å². The highest BCUT2D eigenvalue weighted by molar-refractivity contribution is 7.07. The van der Waals surface area contributed by atoms with E-state index in [2.05, 4.69) is 59.8 Å². The SMILES string of the molecule is CCNC(=NCC(c1ccsc1)N(CC)CC)N(C)CCC1CCOCC1. The van der Waals surface area contributed by atoms with Gasteiger partial charge in [0.15, 0.2) is 5.96 Å². The molecule has 1 aliphatic rings. The van der Waals surface area contributed by atoms with Gasteiger partial charge in [-0.15, -0.1) is 0 Å². The summed E-state index contributed by atoms with van der Waals surface area (Å²) in [6, 6.07) is 2.59. The van der Waals surface area contributed by atoms with Crippen molar-refractivity contribution in [1.29, 1.82) is 0 Å². The van der Waals surface area contributed by atoms with Gasteiger partial charge >= 0.3 is 0 Å². The quantitative estimate of drug-likeness (QED) is 0.483. The van der Waals surface area contributed by atoms with Gasteiger partial charge in [-0.25, -0.2) is 0 Å². The zero-order valence-corrected chi connectivity index (χ0v) is 18.4. The number of thiophene rings is 1. The maximum atomic E-state index is 5.48. The molecule has 6 heteroatoms. The van der Waals surface area contributed by atoms with Crippen molar-refractivity contribution in [1.82, 2.24) is 15.1 Å². The van der Waals surface area contributed by atoms with Gasteiger partial charge in [-0.2, -0.15) is 11.3 Å². The highest BCUT2D eigenvalue weighted by Gasteiger charge is 2.19. The van der Waals surface area contributed by atoms with E-state index in [1.807, 2.05) is 0 Å². The summed E-state index contributed by atoms with van der Waals surface area (Å²) >= 11 is 1.77. The van der Waals surface area contributed by atoms with Gasteiger partial charge in [0.25, 0.3) is 0 Å². The summed E-state index contributed by atoms with van der Waals surface area (Å²) < 4.78 is 5.48. The lowest BCUT2D eigenvalue weighted by Crippen LogP contribution is -2.41. The van der Waals surface area contributed by atoms with Crippen LogP contribution in [-0.2, 0) is 4.74 Å². The van der Waals surface area contributed by atoms with E-state index in [-0.39, 0.29) is 0 Å². The number of nitrogens with zero attached hydrogens (tertiary/aromatic N) is 3. The average molecular weight is 395 g/mol. The summed E-state index contributed by atoms with van der Waals surface area (Å²) in [4.78, 5) is 9.81. The normalized spacial score (nSPS) is 17.3. The highest BCUT2D eigenvalue weighted by atomic mass is 32.1. The fraction of sp³-hybridized carbons (Fsp3) is 0.762. The first kappa shape index (κ1) is 22.2. The molecule has 0 bridgehead atoms. The van der Waals surface area contributed by atoms with E-state index in [1.54, 1.807) is 11.3 Å². The highest BCUT2D eigenvalue weighted by Crippen LogP contribution is 2.23. The largest absolute Gasteiger partial charge is 0.381 e. The van der Waals surface area contributed by atoms with Crippen molar-refractivity contribution >= 4 is 17.3 Å². The standard InChI is InChI=1S/C21H38N4OS/c1-5-22-21(24(4)12-8-18-9-13-26-14-10-18)23-16-20(25(6-2)7-3)19-11-15-27-17-19/h11,15,17-18,20H,5-10,12-14,16H2,1-4H3,(H,22,23). The molecule has 2 heterocycles. The van der Waals surface area contributed by atoms with Gasteiger partial charge in [-0.05, 0) is 67.6 Å². The third kappa shape index (κ3) is 7.09. The number of likely N-dealkylation sites (N-methyl/N-ethyl adjacent to an activating group) is 1. The third-order valence-electron chi connectivity index (χ3n) is 5.51. The lowest BCUT2D eigenvalue weighted by atomic mass is 9.96. The summed E-state index contributed by atoms with van der Waals surface area (Å²) in [5, 5.41) is 7.91. The molecule has 0 amide bonds. The molecule has 0 saturated carbocycles. The summed E-state index contributed by atoms with van der Waals surface area (Å²) in [5.74, 6) is 1.82. The minimum absolute atomic E-state index is 0.351. The molecule has 1 fully saturated rings. The van der Waals surface area contributed by atoms with Gasteiger partial charge in [0.1, 0.15) is 0 Å². The molecule has 1 saturated heterocycles. The molecule has 1 N–H and O–H groups in total. The van der Waals surface area contributed by atoms with Gasteiger partial charge in [0.2, 0.25) is 0 Å². The first-order valence-electron chi connectivity index (χ1n) is 10.5. The maximum Gasteiger partial charge on any atom is 0.193 e. The Morgan fingerprint density at radius 3 is 2.63 bits per heavy atom. The van der Waals surface area contributed by atoms with Crippen LogP contribution in [0.3, 0.4) is 0 Å². The Labute approximate surface area is 169 Å². The van der Waals surface area contributed by atoms with Gasteiger partial charge in [-0.3, -0.25) is 9.89 Å². The topological polar surface area (TPSA) is 40.1 Å². The average Bonchev–Trinajstić information content (AvgIpc) is 3.23. The Kier molecular flexibility index (Phi) is 10.2. The van der Waals surface area contributed by atoms with E-state index >= 15 is 0 Å². The Balaban J connectivity index is 2.00. The fourth-order valence-corrected chi connectivity index (χ4v) is 4.43. The predicted molar refractivity (Wildman–Crippen MR) is 117 cm³/mol. The minimum Gasteiger partial charge on any atom is -0.381 e. The molecule has 0 radical (unpaired) electrons. The van der Waals surface area contributed by atoms with Gasteiger partial charge < -0.3 is 15.0 Å². The van der Waals surface area contributed by atoms with Crippen LogP contribution in [0.25, 0.3) is 0 Å². The van der Waals surface area contributed by atoms with Crippen molar-refractivity contribution in [3.63, 3.8) is 0 Å². The molecular weight excluding hydrogens is 356 g/mol. The molecule has 0 aliphatic carbocycles. The van der Waals surface area contributed by atoms with Crippen LogP contribution in [0.2, 0.25) is 0 Å². The van der Waals surface area contributed by atoms with Gasteiger partial charge in [0, 0.05) is 33.4 Å². The van der Waals surface area contributed by atoms with Crippen molar-refractivity contribution in [2.24, 2.45) is 10.9 Å². The van der Waals surface area contributed by atoms with E-state index in [0.29, 0.717) is 6.04 Å². The van der Waals surface area contributed by atoms with Crippen LogP contribution in [0.5, 0.6) is 0 Å². The van der Waals surface area contributed by atoms with Crippen LogP contribution in [0.4, 0.5) is 0 Å². The zero-order chi connectivity index (χ0) is 19.5. The van der Waals surface area contributed by atoms with Crippen LogP contribution in [0, 0.1) is 5.92 Å². The molecule has 0 spiro atoms. The van der Waals surface area contributed by atoms with Crippen molar-refractivity contribution in [3.05, 3.63) is 22.4 Å². The van der Waals surface area contributed by atoms with Crippen molar-refractivity contribution < 1.29 is 4.74 Å². The first-order valence-corrected chi connectivity index (χ1v) is 11.5. The van der Waals surface area contributed by atoms with E-state index in [1.165, 1.54) is 24.8 Å². The number of ether oxygens (including phenoxy) is 1. The summed E-state index contributed by atoms with van der Waals surface area (Å²) in [5.41, 5.74) is 1.38. The lowest BCUT2D eigenvalue weighted by Gasteiger charge is -2.30. The van der Waals surface area contributed by atoms with E-state index in [9.17, 15) is 0 Å². The number of aliphatic imine (C=N–C) groups is 1. The molecule has 1 aromatic rings. The van der Waals surface area contributed by atoms with Crippen molar-refractivity contribution in [3.8, 4) is 0 Å². The predicted octanol–water partition coefficient (Wildman–Crippen LogP) is 3.85. The number of hydrogen-bond acceptors (Lipinski definition) is 4. The fourth-order valence-electron chi connectivity index (χ4n) is 3.72. The lowest BCUT2D eigenvalue weighted by molar-refractivity contribution is 0.0625. The Hall–Kier alpha value is -1.11. The molecule has 1 aromatic heterocycles. The van der Waals surface area contributed by atoms with E-state index in [0.717, 1.165) is 57.8 Å². The second-order valence-corrected chi connectivity index (χ2v) is 8.03. The summed E-state index contributed by atoms with van der Waals surface area (Å²) in [6.45, 7) is 13.3. The Morgan fingerprint density at radius 1 is 1.30 bits per heavy atom. The molecule has 1 atom stereocenters. The van der Waals surface area contributed by atoms with Gasteiger partial charge in [0.05, 0.1) is 12.6 Å². The molecule has 1 aliphatic heterocycles. The van der Waals surface area contributed by atoms with Gasteiger partial charge in [-0.1, -0.05) is 13.8 Å². The number of nitrogens with one attached hydrogen (secondary N) is 1. The zero-order valence-electron chi connectivity index (χ0n) is 17.6. The smallest absolute Gasteiger partial charge is 0.193 e. The molecule has 1 unspecified atom stereocenters. The number of guanidine groups is 1. The van der Waals surface area contributed by atoms with Crippen LogP contribution in [0.15, 0.2) is 21.8 Å². The molecular formula is C21H38N4OS. The van der Waals surface area contributed by atoms with Crippen LogP contribution in [0.1, 0.15) is 51.6 Å². The van der Waals surface area contributed by atoms with E-state index < -0.39 is 0 Å².